The molecule has 0 unspecified atom stereocenters. The van der Waals surface area contributed by atoms with Crippen LogP contribution in [-0.4, -0.2) is 31.2 Å². The van der Waals surface area contributed by atoms with E-state index in [-0.39, 0.29) is 11.1 Å². The van der Waals surface area contributed by atoms with Crippen LogP contribution in [0, 0.1) is 0 Å². The highest BCUT2D eigenvalue weighted by atomic mass is 79.9. The molecule has 1 aromatic rings. The predicted molar refractivity (Wildman–Crippen MR) is 70.4 cm³/mol. The molecule has 0 fully saturated rings. The van der Waals surface area contributed by atoms with Gasteiger partial charge in [-0.2, -0.15) is 0 Å². The van der Waals surface area contributed by atoms with E-state index in [2.05, 4.69) is 26.2 Å². The molecule has 0 aromatic carbocycles. The van der Waals surface area contributed by atoms with Crippen molar-refractivity contribution < 1.29 is 9.53 Å². The Labute approximate surface area is 114 Å². The van der Waals surface area contributed by atoms with Crippen molar-refractivity contribution in [1.82, 2.24) is 10.3 Å². The third-order valence-electron chi connectivity index (χ3n) is 2.11. The normalized spacial score (nSPS) is 10.3. The zero-order valence-electron chi connectivity index (χ0n) is 9.50. The average molecular weight is 322 g/mol. The van der Waals surface area contributed by atoms with Crippen molar-refractivity contribution in [3.8, 4) is 0 Å². The SMILES string of the molecule is COCCCCNC(=O)c1cc(Br)cnc1Cl. The average Bonchev–Trinajstić information content (AvgIpc) is 2.32. The fraction of sp³-hybridized carbons (Fsp3) is 0.455. The smallest absolute Gasteiger partial charge is 0.254 e. The molecule has 0 aliphatic carbocycles. The van der Waals surface area contributed by atoms with Crippen LogP contribution in [0.15, 0.2) is 16.7 Å². The van der Waals surface area contributed by atoms with Gasteiger partial charge in [-0.1, -0.05) is 11.6 Å². The summed E-state index contributed by atoms with van der Waals surface area (Å²) in [5.74, 6) is -0.207. The Morgan fingerprint density at radius 3 is 3.06 bits per heavy atom. The molecule has 0 spiro atoms. The van der Waals surface area contributed by atoms with E-state index >= 15 is 0 Å². The number of pyridine rings is 1. The number of rotatable bonds is 6. The summed E-state index contributed by atoms with van der Waals surface area (Å²) in [6.07, 6.45) is 3.34. The zero-order valence-corrected chi connectivity index (χ0v) is 11.8. The number of halogens is 2. The molecule has 94 valence electrons. The van der Waals surface area contributed by atoms with E-state index in [1.165, 1.54) is 0 Å². The van der Waals surface area contributed by atoms with Crippen LogP contribution in [0.5, 0.6) is 0 Å². The fourth-order valence-corrected chi connectivity index (χ4v) is 1.77. The number of unbranched alkanes of at least 4 members (excludes halogenated alkanes) is 1. The van der Waals surface area contributed by atoms with Gasteiger partial charge in [0.2, 0.25) is 0 Å². The minimum atomic E-state index is -0.207. The van der Waals surface area contributed by atoms with Crippen molar-refractivity contribution in [2.24, 2.45) is 0 Å². The van der Waals surface area contributed by atoms with Gasteiger partial charge in [0.25, 0.3) is 5.91 Å². The summed E-state index contributed by atoms with van der Waals surface area (Å²) in [7, 11) is 1.66. The molecule has 0 atom stereocenters. The van der Waals surface area contributed by atoms with Crippen molar-refractivity contribution in [1.29, 1.82) is 0 Å². The maximum Gasteiger partial charge on any atom is 0.254 e. The van der Waals surface area contributed by atoms with Gasteiger partial charge >= 0.3 is 0 Å². The number of aromatic nitrogens is 1. The number of amides is 1. The molecular weight excluding hydrogens is 307 g/mol. The van der Waals surface area contributed by atoms with Crippen molar-refractivity contribution in [2.45, 2.75) is 12.8 Å². The summed E-state index contributed by atoms with van der Waals surface area (Å²) in [5.41, 5.74) is 0.382. The monoisotopic (exact) mass is 320 g/mol. The molecule has 17 heavy (non-hydrogen) atoms. The van der Waals surface area contributed by atoms with Gasteiger partial charge in [0.15, 0.2) is 0 Å². The largest absolute Gasteiger partial charge is 0.385 e. The quantitative estimate of drug-likeness (QED) is 0.647. The molecule has 1 rings (SSSR count). The highest BCUT2D eigenvalue weighted by Gasteiger charge is 2.11. The first-order valence-electron chi connectivity index (χ1n) is 5.23. The molecule has 0 aliphatic rings. The second-order valence-electron chi connectivity index (χ2n) is 3.45. The lowest BCUT2D eigenvalue weighted by molar-refractivity contribution is 0.0951. The summed E-state index contributed by atoms with van der Waals surface area (Å²) in [4.78, 5) is 15.7. The Balaban J connectivity index is 2.44. The minimum absolute atomic E-state index is 0.207. The topological polar surface area (TPSA) is 51.2 Å². The lowest BCUT2D eigenvalue weighted by atomic mass is 10.2. The van der Waals surface area contributed by atoms with Crippen molar-refractivity contribution in [3.05, 3.63) is 27.5 Å². The minimum Gasteiger partial charge on any atom is -0.385 e. The molecule has 0 aliphatic heterocycles. The first-order chi connectivity index (χ1) is 8.15. The maximum absolute atomic E-state index is 11.8. The lowest BCUT2D eigenvalue weighted by Gasteiger charge is -2.06. The van der Waals surface area contributed by atoms with Gasteiger partial charge in [-0.15, -0.1) is 0 Å². The van der Waals surface area contributed by atoms with E-state index in [0.29, 0.717) is 18.7 Å². The third-order valence-corrected chi connectivity index (χ3v) is 2.85. The van der Waals surface area contributed by atoms with Crippen LogP contribution in [0.4, 0.5) is 0 Å². The summed E-state index contributed by atoms with van der Waals surface area (Å²) in [6, 6.07) is 1.65. The third kappa shape index (κ3) is 5.02. The molecule has 6 heteroatoms. The van der Waals surface area contributed by atoms with Gasteiger partial charge < -0.3 is 10.1 Å². The van der Waals surface area contributed by atoms with Gasteiger partial charge in [0, 0.05) is 30.9 Å². The standard InChI is InChI=1S/C11H14BrClN2O2/c1-17-5-3-2-4-14-11(16)9-6-8(12)7-15-10(9)13/h6-7H,2-5H2,1H3,(H,14,16). The first-order valence-corrected chi connectivity index (χ1v) is 6.40. The predicted octanol–water partition coefficient (Wildman–Crippen LogP) is 2.65. The molecule has 0 saturated heterocycles. The fourth-order valence-electron chi connectivity index (χ4n) is 1.25. The second kappa shape index (κ2) is 7.63. The Bertz CT molecular complexity index is 388. The van der Waals surface area contributed by atoms with Crippen molar-refractivity contribution >= 4 is 33.4 Å². The van der Waals surface area contributed by atoms with Crippen LogP contribution in [0.1, 0.15) is 23.2 Å². The number of carbonyl (C=O) groups is 1. The molecule has 0 bridgehead atoms. The van der Waals surface area contributed by atoms with Crippen LogP contribution in [0.25, 0.3) is 0 Å². The molecule has 4 nitrogen and oxygen atoms in total. The molecule has 1 aromatic heterocycles. The molecule has 0 saturated carbocycles. The van der Waals surface area contributed by atoms with Crippen molar-refractivity contribution in [2.75, 3.05) is 20.3 Å². The Morgan fingerprint density at radius 1 is 1.59 bits per heavy atom. The van der Waals surface area contributed by atoms with Crippen molar-refractivity contribution in [3.63, 3.8) is 0 Å². The van der Waals surface area contributed by atoms with Gasteiger partial charge in [-0.3, -0.25) is 4.79 Å². The molecule has 1 N–H and O–H groups in total. The highest BCUT2D eigenvalue weighted by Crippen LogP contribution is 2.17. The van der Waals surface area contributed by atoms with Crippen LogP contribution in [0.3, 0.4) is 0 Å². The maximum atomic E-state index is 11.8. The van der Waals surface area contributed by atoms with E-state index in [4.69, 9.17) is 16.3 Å². The first kappa shape index (κ1) is 14.4. The van der Waals surface area contributed by atoms with Crippen LogP contribution >= 0.6 is 27.5 Å². The van der Waals surface area contributed by atoms with E-state index in [9.17, 15) is 4.79 Å². The van der Waals surface area contributed by atoms with E-state index in [1.807, 2.05) is 0 Å². The number of methoxy groups -OCH3 is 1. The number of nitrogens with zero attached hydrogens (tertiary/aromatic N) is 1. The Kier molecular flexibility index (Phi) is 6.47. The number of hydrogen-bond acceptors (Lipinski definition) is 3. The number of nitrogens with one attached hydrogen (secondary N) is 1. The molecule has 1 heterocycles. The summed E-state index contributed by atoms with van der Waals surface area (Å²) in [6.45, 7) is 1.31. The summed E-state index contributed by atoms with van der Waals surface area (Å²) in [5, 5.41) is 3.00. The van der Waals surface area contributed by atoms with Crippen LogP contribution in [-0.2, 0) is 4.74 Å². The van der Waals surface area contributed by atoms with Gasteiger partial charge in [-0.05, 0) is 34.8 Å². The Hall–Kier alpha value is -0.650. The summed E-state index contributed by atoms with van der Waals surface area (Å²) < 4.78 is 5.65. The van der Waals surface area contributed by atoms with Crippen LogP contribution < -0.4 is 5.32 Å². The molecule has 0 radical (unpaired) electrons. The molecular formula is C11H14BrClN2O2. The number of carbonyl (C=O) groups excluding carboxylic acids is 1. The lowest BCUT2D eigenvalue weighted by Crippen LogP contribution is -2.25. The Morgan fingerprint density at radius 2 is 2.35 bits per heavy atom. The zero-order chi connectivity index (χ0) is 12.7. The number of hydrogen-bond donors (Lipinski definition) is 1. The van der Waals surface area contributed by atoms with Crippen LogP contribution in [0.2, 0.25) is 5.15 Å². The van der Waals surface area contributed by atoms with Gasteiger partial charge in [-0.25, -0.2) is 4.98 Å². The molecule has 1 amide bonds. The van der Waals surface area contributed by atoms with E-state index in [1.54, 1.807) is 19.4 Å². The number of ether oxygens (including phenoxy) is 1. The van der Waals surface area contributed by atoms with Gasteiger partial charge in [0.05, 0.1) is 5.56 Å². The van der Waals surface area contributed by atoms with E-state index in [0.717, 1.165) is 17.3 Å². The van der Waals surface area contributed by atoms with Gasteiger partial charge in [0.1, 0.15) is 5.15 Å². The van der Waals surface area contributed by atoms with E-state index < -0.39 is 0 Å². The highest BCUT2D eigenvalue weighted by molar-refractivity contribution is 9.10. The second-order valence-corrected chi connectivity index (χ2v) is 4.72. The summed E-state index contributed by atoms with van der Waals surface area (Å²) >= 11 is 9.09.